The Morgan fingerprint density at radius 3 is 2.29 bits per heavy atom. The van der Waals surface area contributed by atoms with E-state index in [1.165, 1.54) is 13.2 Å². The molecule has 0 saturated heterocycles. The highest BCUT2D eigenvalue weighted by atomic mass is 32.2. The van der Waals surface area contributed by atoms with Crippen molar-refractivity contribution in [1.82, 2.24) is 4.90 Å². The summed E-state index contributed by atoms with van der Waals surface area (Å²) >= 11 is 0. The van der Waals surface area contributed by atoms with Crippen molar-refractivity contribution in [3.63, 3.8) is 0 Å². The van der Waals surface area contributed by atoms with Crippen LogP contribution in [-0.2, 0) is 19.6 Å². The van der Waals surface area contributed by atoms with Gasteiger partial charge in [0.1, 0.15) is 5.75 Å². The lowest BCUT2D eigenvalue weighted by Gasteiger charge is -2.21. The number of rotatable bonds is 12. The maximum Gasteiger partial charge on any atom is 0.229 e. The first-order valence-corrected chi connectivity index (χ1v) is 11.3. The van der Waals surface area contributed by atoms with Crippen LogP contribution in [-0.4, -0.2) is 51.6 Å². The molecule has 0 heterocycles. The largest absolute Gasteiger partial charge is 0.494 e. The molecule has 1 aromatic carbocycles. The second kappa shape index (κ2) is 11.5. The molecule has 28 heavy (non-hydrogen) atoms. The minimum atomic E-state index is -3.43. The van der Waals surface area contributed by atoms with Gasteiger partial charge in [-0.25, -0.2) is 8.42 Å². The maximum absolute atomic E-state index is 12.2. The van der Waals surface area contributed by atoms with Crippen molar-refractivity contribution < 1.29 is 22.7 Å². The average Bonchev–Trinajstić information content (AvgIpc) is 2.61. The molecule has 0 spiro atoms. The topological polar surface area (TPSA) is 105 Å². The number of hydrogen-bond acceptors (Lipinski definition) is 5. The molecule has 0 radical (unpaired) electrons. The van der Waals surface area contributed by atoms with Crippen LogP contribution in [0.5, 0.6) is 5.75 Å². The Labute approximate surface area is 167 Å². The second-order valence-electron chi connectivity index (χ2n) is 6.57. The molecule has 2 amide bonds. The Morgan fingerprint density at radius 1 is 1.11 bits per heavy atom. The smallest absolute Gasteiger partial charge is 0.229 e. The molecule has 0 aliphatic carbocycles. The number of ether oxygens (including phenoxy) is 1. The maximum atomic E-state index is 12.2. The molecule has 2 N–H and O–H groups in total. The first-order valence-electron chi connectivity index (χ1n) is 9.43. The molecule has 158 valence electrons. The Hall–Kier alpha value is -2.29. The summed E-state index contributed by atoms with van der Waals surface area (Å²) in [4.78, 5) is 26.2. The normalized spacial score (nSPS) is 11.0. The predicted molar refractivity (Wildman–Crippen MR) is 111 cm³/mol. The number of methoxy groups -OCH3 is 1. The summed E-state index contributed by atoms with van der Waals surface area (Å²) < 4.78 is 30.3. The Kier molecular flexibility index (Phi) is 9.78. The van der Waals surface area contributed by atoms with E-state index in [0.717, 1.165) is 32.2 Å². The summed E-state index contributed by atoms with van der Waals surface area (Å²) in [7, 11) is -2.02. The lowest BCUT2D eigenvalue weighted by Crippen LogP contribution is -2.32. The van der Waals surface area contributed by atoms with Crippen LogP contribution in [0.4, 0.5) is 11.4 Å². The van der Waals surface area contributed by atoms with Gasteiger partial charge in [-0.05, 0) is 31.4 Å². The molecular formula is C19H31N3O5S. The van der Waals surface area contributed by atoms with Gasteiger partial charge in [-0.1, -0.05) is 13.8 Å². The van der Waals surface area contributed by atoms with Crippen LogP contribution in [0.2, 0.25) is 0 Å². The molecule has 8 nitrogen and oxygen atoms in total. The van der Waals surface area contributed by atoms with Crippen molar-refractivity contribution in [2.75, 3.05) is 36.5 Å². The van der Waals surface area contributed by atoms with Crippen LogP contribution >= 0.6 is 0 Å². The molecular weight excluding hydrogens is 382 g/mol. The average molecular weight is 414 g/mol. The van der Waals surface area contributed by atoms with E-state index in [1.54, 1.807) is 12.1 Å². The SMILES string of the molecule is CCCN(CCC)C(=O)CCCC(=O)Nc1ccc(NS(C)(=O)=O)c(OC)c1. The van der Waals surface area contributed by atoms with Crippen LogP contribution in [0, 0.1) is 0 Å². The highest BCUT2D eigenvalue weighted by Crippen LogP contribution is 2.28. The Morgan fingerprint density at radius 2 is 1.75 bits per heavy atom. The van der Waals surface area contributed by atoms with Crippen molar-refractivity contribution in [2.24, 2.45) is 0 Å². The number of anilines is 2. The van der Waals surface area contributed by atoms with Gasteiger partial charge in [-0.2, -0.15) is 0 Å². The first kappa shape index (κ1) is 23.7. The van der Waals surface area contributed by atoms with E-state index in [-0.39, 0.29) is 18.2 Å². The summed E-state index contributed by atoms with van der Waals surface area (Å²) in [6, 6.07) is 4.65. The number of carbonyl (C=O) groups excluding carboxylic acids is 2. The zero-order chi connectivity index (χ0) is 21.2. The van der Waals surface area contributed by atoms with Crippen molar-refractivity contribution in [1.29, 1.82) is 0 Å². The standard InChI is InChI=1S/C19H31N3O5S/c1-5-12-22(13-6-2)19(24)9-7-8-18(23)20-15-10-11-16(17(14-15)27-3)21-28(4,25)26/h10-11,14,21H,5-9,12-13H2,1-4H3,(H,20,23). The van der Waals surface area contributed by atoms with Crippen LogP contribution in [0.15, 0.2) is 18.2 Å². The summed E-state index contributed by atoms with van der Waals surface area (Å²) in [6.07, 6.45) is 3.92. The number of hydrogen-bond donors (Lipinski definition) is 2. The third-order valence-electron chi connectivity index (χ3n) is 3.91. The molecule has 0 unspecified atom stereocenters. The zero-order valence-corrected chi connectivity index (χ0v) is 17.9. The number of amides is 2. The van der Waals surface area contributed by atoms with Crippen LogP contribution in [0.1, 0.15) is 46.0 Å². The van der Waals surface area contributed by atoms with Gasteiger partial charge in [0.2, 0.25) is 21.8 Å². The monoisotopic (exact) mass is 413 g/mol. The fourth-order valence-electron chi connectivity index (χ4n) is 2.74. The van der Waals surface area contributed by atoms with E-state index in [4.69, 9.17) is 4.74 Å². The number of sulfonamides is 1. The van der Waals surface area contributed by atoms with Gasteiger partial charge >= 0.3 is 0 Å². The van der Waals surface area contributed by atoms with Crippen molar-refractivity contribution >= 4 is 33.2 Å². The van der Waals surface area contributed by atoms with Gasteiger partial charge in [0.15, 0.2) is 0 Å². The quantitative estimate of drug-likeness (QED) is 0.548. The van der Waals surface area contributed by atoms with Crippen molar-refractivity contribution in [2.45, 2.75) is 46.0 Å². The van der Waals surface area contributed by atoms with Gasteiger partial charge in [0, 0.05) is 37.7 Å². The Bertz CT molecular complexity index is 759. The summed E-state index contributed by atoms with van der Waals surface area (Å²) in [5.74, 6) is 0.166. The number of carbonyl (C=O) groups is 2. The van der Waals surface area contributed by atoms with E-state index in [0.29, 0.717) is 30.0 Å². The molecule has 0 bridgehead atoms. The van der Waals surface area contributed by atoms with E-state index in [1.807, 2.05) is 18.7 Å². The van der Waals surface area contributed by atoms with Gasteiger partial charge in [0.05, 0.1) is 19.1 Å². The third-order valence-corrected chi connectivity index (χ3v) is 4.51. The minimum absolute atomic E-state index is 0.0781. The summed E-state index contributed by atoms with van der Waals surface area (Å²) in [5.41, 5.74) is 0.784. The van der Waals surface area contributed by atoms with Gasteiger partial charge in [-0.15, -0.1) is 0 Å². The number of nitrogens with zero attached hydrogens (tertiary/aromatic N) is 1. The van der Waals surface area contributed by atoms with Gasteiger partial charge < -0.3 is 15.0 Å². The summed E-state index contributed by atoms with van der Waals surface area (Å²) in [6.45, 7) is 5.56. The molecule has 0 fully saturated rings. The molecule has 9 heteroatoms. The lowest BCUT2D eigenvalue weighted by molar-refractivity contribution is -0.131. The Balaban J connectivity index is 2.58. The van der Waals surface area contributed by atoms with Crippen LogP contribution in [0.25, 0.3) is 0 Å². The van der Waals surface area contributed by atoms with E-state index < -0.39 is 10.0 Å². The van der Waals surface area contributed by atoms with Crippen molar-refractivity contribution in [3.05, 3.63) is 18.2 Å². The number of benzene rings is 1. The van der Waals surface area contributed by atoms with E-state index in [2.05, 4.69) is 10.0 Å². The molecule has 0 aromatic heterocycles. The fourth-order valence-corrected chi connectivity index (χ4v) is 3.30. The van der Waals surface area contributed by atoms with Crippen molar-refractivity contribution in [3.8, 4) is 5.75 Å². The summed E-state index contributed by atoms with van der Waals surface area (Å²) in [5, 5.41) is 2.74. The van der Waals surface area contributed by atoms with Crippen LogP contribution in [0.3, 0.4) is 0 Å². The second-order valence-corrected chi connectivity index (χ2v) is 8.32. The molecule has 0 aliphatic rings. The first-order chi connectivity index (χ1) is 13.2. The molecule has 0 aliphatic heterocycles. The molecule has 1 rings (SSSR count). The molecule has 0 saturated carbocycles. The van der Waals surface area contributed by atoms with Crippen LogP contribution < -0.4 is 14.8 Å². The van der Waals surface area contributed by atoms with E-state index >= 15 is 0 Å². The van der Waals surface area contributed by atoms with Gasteiger partial charge in [0.25, 0.3) is 0 Å². The highest BCUT2D eigenvalue weighted by Gasteiger charge is 2.13. The minimum Gasteiger partial charge on any atom is -0.494 e. The highest BCUT2D eigenvalue weighted by molar-refractivity contribution is 7.92. The lowest BCUT2D eigenvalue weighted by atomic mass is 10.2. The third kappa shape index (κ3) is 8.60. The fraction of sp³-hybridized carbons (Fsp3) is 0.579. The van der Waals surface area contributed by atoms with Gasteiger partial charge in [-0.3, -0.25) is 14.3 Å². The molecule has 1 aromatic rings. The van der Waals surface area contributed by atoms with E-state index in [9.17, 15) is 18.0 Å². The predicted octanol–water partition coefficient (Wildman–Crippen LogP) is 2.82. The molecule has 0 atom stereocenters. The number of nitrogens with one attached hydrogen (secondary N) is 2. The zero-order valence-electron chi connectivity index (χ0n) is 17.1.